The van der Waals surface area contributed by atoms with Crippen LogP contribution in [-0.2, 0) is 16.0 Å². The van der Waals surface area contributed by atoms with Gasteiger partial charge in [0.05, 0.1) is 24.8 Å². The fourth-order valence-corrected chi connectivity index (χ4v) is 1.95. The molecule has 0 atom stereocenters. The lowest BCUT2D eigenvalue weighted by molar-refractivity contribution is -0.128. The lowest BCUT2D eigenvalue weighted by Gasteiger charge is -2.22. The first kappa shape index (κ1) is 20.0. The maximum absolute atomic E-state index is 12.1. The molecule has 1 aromatic rings. The molecule has 0 aliphatic heterocycles. The van der Waals surface area contributed by atoms with E-state index in [9.17, 15) is 4.79 Å². The van der Waals surface area contributed by atoms with Crippen LogP contribution in [0.15, 0.2) is 27.8 Å². The lowest BCUT2D eigenvalue weighted by atomic mass is 9.92. The highest BCUT2D eigenvalue weighted by Crippen LogP contribution is 2.15. The highest BCUT2D eigenvalue weighted by Gasteiger charge is 2.26. The van der Waals surface area contributed by atoms with Gasteiger partial charge in [-0.05, 0) is 32.9 Å². The molecule has 0 unspecified atom stereocenters. The van der Waals surface area contributed by atoms with Crippen LogP contribution >= 0.6 is 0 Å². The zero-order valence-corrected chi connectivity index (χ0v) is 15.1. The number of hydrogen-bond donors (Lipinski definition) is 3. The highest BCUT2D eigenvalue weighted by molar-refractivity contribution is 5.83. The molecule has 1 rings (SSSR count). The van der Waals surface area contributed by atoms with E-state index < -0.39 is 5.41 Å². The standard InChI is InChI=1S/C17H30N4O3/c1-5-18-15(22)17(2,3)13-21-16(20-10-12-23-4)19-9-8-14-7-6-11-24-14/h6-7,11H,5,8-10,12-13H2,1-4H3,(H,18,22)(H2,19,20,21). The van der Waals surface area contributed by atoms with Crippen molar-refractivity contribution in [2.45, 2.75) is 27.2 Å². The number of guanidine groups is 1. The maximum Gasteiger partial charge on any atom is 0.227 e. The number of nitrogens with zero attached hydrogens (tertiary/aromatic N) is 1. The van der Waals surface area contributed by atoms with Gasteiger partial charge in [-0.2, -0.15) is 0 Å². The van der Waals surface area contributed by atoms with Gasteiger partial charge in [0.2, 0.25) is 5.91 Å². The number of hydrogen-bond acceptors (Lipinski definition) is 4. The normalized spacial score (nSPS) is 12.1. The summed E-state index contributed by atoms with van der Waals surface area (Å²) in [7, 11) is 1.65. The predicted octanol–water partition coefficient (Wildman–Crippen LogP) is 1.17. The first-order valence-corrected chi connectivity index (χ1v) is 8.31. The van der Waals surface area contributed by atoms with E-state index in [0.29, 0.717) is 38.7 Å². The van der Waals surface area contributed by atoms with Crippen molar-refractivity contribution in [3.63, 3.8) is 0 Å². The Bertz CT molecular complexity index is 498. The van der Waals surface area contributed by atoms with Gasteiger partial charge in [-0.1, -0.05) is 0 Å². The molecular weight excluding hydrogens is 308 g/mol. The van der Waals surface area contributed by atoms with Crippen molar-refractivity contribution in [1.29, 1.82) is 0 Å². The minimum Gasteiger partial charge on any atom is -0.469 e. The molecule has 0 aliphatic carbocycles. The summed E-state index contributed by atoms with van der Waals surface area (Å²) >= 11 is 0. The summed E-state index contributed by atoms with van der Waals surface area (Å²) in [5.74, 6) is 1.58. The summed E-state index contributed by atoms with van der Waals surface area (Å²) in [5, 5.41) is 9.29. The van der Waals surface area contributed by atoms with Crippen LogP contribution in [0.3, 0.4) is 0 Å². The Morgan fingerprint density at radius 3 is 2.67 bits per heavy atom. The molecule has 0 radical (unpaired) electrons. The fourth-order valence-electron chi connectivity index (χ4n) is 1.95. The smallest absolute Gasteiger partial charge is 0.227 e. The van der Waals surface area contributed by atoms with Gasteiger partial charge < -0.3 is 25.1 Å². The Kier molecular flexibility index (Phi) is 8.93. The van der Waals surface area contributed by atoms with Crippen LogP contribution in [0.4, 0.5) is 0 Å². The van der Waals surface area contributed by atoms with Gasteiger partial charge in [0.1, 0.15) is 5.76 Å². The maximum atomic E-state index is 12.1. The number of carbonyl (C=O) groups is 1. The molecule has 3 N–H and O–H groups in total. The quantitative estimate of drug-likeness (QED) is 0.339. The lowest BCUT2D eigenvalue weighted by Crippen LogP contribution is -2.43. The second-order valence-corrected chi connectivity index (χ2v) is 6.08. The summed E-state index contributed by atoms with van der Waals surface area (Å²) in [6, 6.07) is 3.81. The van der Waals surface area contributed by atoms with Crippen LogP contribution in [0.25, 0.3) is 0 Å². The van der Waals surface area contributed by atoms with Crippen LogP contribution < -0.4 is 16.0 Å². The van der Waals surface area contributed by atoms with Crippen molar-refractivity contribution in [2.75, 3.05) is 39.9 Å². The number of amides is 1. The number of methoxy groups -OCH3 is 1. The SMILES string of the molecule is CCNC(=O)C(C)(C)CN=C(NCCOC)NCCc1ccco1. The Morgan fingerprint density at radius 2 is 2.04 bits per heavy atom. The van der Waals surface area contributed by atoms with Gasteiger partial charge in [-0.15, -0.1) is 0 Å². The molecule has 136 valence electrons. The van der Waals surface area contributed by atoms with E-state index in [1.54, 1.807) is 13.4 Å². The van der Waals surface area contributed by atoms with Gasteiger partial charge in [0, 0.05) is 33.2 Å². The van der Waals surface area contributed by atoms with Crippen LogP contribution in [0.1, 0.15) is 26.5 Å². The van der Waals surface area contributed by atoms with E-state index >= 15 is 0 Å². The molecule has 0 aliphatic rings. The highest BCUT2D eigenvalue weighted by atomic mass is 16.5. The van der Waals surface area contributed by atoms with Crippen molar-refractivity contribution in [1.82, 2.24) is 16.0 Å². The van der Waals surface area contributed by atoms with E-state index in [-0.39, 0.29) is 5.91 Å². The molecule has 0 spiro atoms. The fraction of sp³-hybridized carbons (Fsp3) is 0.647. The van der Waals surface area contributed by atoms with E-state index in [2.05, 4.69) is 20.9 Å². The van der Waals surface area contributed by atoms with Gasteiger partial charge in [0.25, 0.3) is 0 Å². The summed E-state index contributed by atoms with van der Waals surface area (Å²) in [6.45, 7) is 8.60. The molecule has 0 saturated heterocycles. The van der Waals surface area contributed by atoms with Gasteiger partial charge in [0.15, 0.2) is 5.96 Å². The number of aliphatic imine (C=N–C) groups is 1. The van der Waals surface area contributed by atoms with Crippen LogP contribution in [-0.4, -0.2) is 51.8 Å². The van der Waals surface area contributed by atoms with E-state index in [4.69, 9.17) is 9.15 Å². The first-order chi connectivity index (χ1) is 11.5. The van der Waals surface area contributed by atoms with Gasteiger partial charge in [-0.25, -0.2) is 0 Å². The summed E-state index contributed by atoms with van der Waals surface area (Å²) in [4.78, 5) is 16.6. The molecular formula is C17H30N4O3. The topological polar surface area (TPSA) is 87.9 Å². The third-order valence-corrected chi connectivity index (χ3v) is 3.43. The van der Waals surface area contributed by atoms with Crippen LogP contribution in [0, 0.1) is 5.41 Å². The Balaban J connectivity index is 2.56. The molecule has 7 heteroatoms. The Morgan fingerprint density at radius 1 is 1.29 bits per heavy atom. The summed E-state index contributed by atoms with van der Waals surface area (Å²) < 4.78 is 10.4. The number of nitrogens with one attached hydrogen (secondary N) is 3. The number of ether oxygens (including phenoxy) is 1. The zero-order chi connectivity index (χ0) is 17.8. The molecule has 0 bridgehead atoms. The van der Waals surface area contributed by atoms with Crippen molar-refractivity contribution in [3.8, 4) is 0 Å². The van der Waals surface area contributed by atoms with Gasteiger partial charge >= 0.3 is 0 Å². The molecule has 7 nitrogen and oxygen atoms in total. The van der Waals surface area contributed by atoms with E-state index in [1.165, 1.54) is 0 Å². The molecule has 1 aromatic heterocycles. The van der Waals surface area contributed by atoms with Crippen molar-refractivity contribution in [3.05, 3.63) is 24.2 Å². The second kappa shape index (κ2) is 10.7. The third-order valence-electron chi connectivity index (χ3n) is 3.43. The third kappa shape index (κ3) is 7.50. The van der Waals surface area contributed by atoms with Crippen LogP contribution in [0.2, 0.25) is 0 Å². The summed E-state index contributed by atoms with van der Waals surface area (Å²) in [6.07, 6.45) is 2.42. The minimum absolute atomic E-state index is 0.000534. The summed E-state index contributed by atoms with van der Waals surface area (Å²) in [5.41, 5.74) is -0.563. The second-order valence-electron chi connectivity index (χ2n) is 6.08. The molecule has 1 heterocycles. The zero-order valence-electron chi connectivity index (χ0n) is 15.1. The van der Waals surface area contributed by atoms with E-state index in [0.717, 1.165) is 12.2 Å². The van der Waals surface area contributed by atoms with Crippen molar-refractivity contribution in [2.24, 2.45) is 10.4 Å². The predicted molar refractivity (Wildman–Crippen MR) is 95.1 cm³/mol. The molecule has 0 fully saturated rings. The monoisotopic (exact) mass is 338 g/mol. The average molecular weight is 338 g/mol. The Labute approximate surface area is 144 Å². The van der Waals surface area contributed by atoms with Crippen LogP contribution in [0.5, 0.6) is 0 Å². The van der Waals surface area contributed by atoms with Crippen molar-refractivity contribution < 1.29 is 13.9 Å². The molecule has 0 aromatic carbocycles. The number of carbonyl (C=O) groups excluding carboxylic acids is 1. The largest absolute Gasteiger partial charge is 0.469 e. The molecule has 1 amide bonds. The van der Waals surface area contributed by atoms with E-state index in [1.807, 2.05) is 32.9 Å². The molecule has 24 heavy (non-hydrogen) atoms. The number of furan rings is 1. The number of rotatable bonds is 10. The van der Waals surface area contributed by atoms with Gasteiger partial charge in [-0.3, -0.25) is 9.79 Å². The average Bonchev–Trinajstić information content (AvgIpc) is 3.06. The molecule has 0 saturated carbocycles. The Hall–Kier alpha value is -2.02. The first-order valence-electron chi connectivity index (χ1n) is 8.31. The minimum atomic E-state index is -0.563. The van der Waals surface area contributed by atoms with Crippen molar-refractivity contribution >= 4 is 11.9 Å².